The molecule has 0 aliphatic carbocycles. The van der Waals surface area contributed by atoms with E-state index < -0.39 is 5.97 Å². The summed E-state index contributed by atoms with van der Waals surface area (Å²) >= 11 is 27.6. The molecular formula is C51H50Br3Cl3N12O10. The van der Waals surface area contributed by atoms with Crippen molar-refractivity contribution in [2.75, 3.05) is 39.3 Å². The molecule has 416 valence electrons. The molecule has 6 aliphatic heterocycles. The van der Waals surface area contributed by atoms with Gasteiger partial charge in [0.25, 0.3) is 29.5 Å². The normalized spacial score (nSPS) is 16.2. The Morgan fingerprint density at radius 1 is 0.443 bits per heavy atom. The first-order chi connectivity index (χ1) is 37.8. The van der Waals surface area contributed by atoms with Gasteiger partial charge in [-0.1, -0.05) is 34.8 Å². The lowest BCUT2D eigenvalue weighted by molar-refractivity contribution is 0.0691. The number of imidazole rings is 3. The highest BCUT2D eigenvalue weighted by Crippen LogP contribution is 2.28. The Labute approximate surface area is 489 Å². The van der Waals surface area contributed by atoms with E-state index in [-0.39, 0.29) is 65.3 Å². The second kappa shape index (κ2) is 24.7. The standard InChI is InChI=1S/2C17H16BrClN4O3.C10H14N4O2.C7H4BrClO2/c2*18-11-3-2-10(8-12(11)19)16(25)21-6-7-22-13(9-21)14-15(24)20-4-1-5-23(14)17(22)26;15-9-8-7-6-11-3-5-13(7)10(16)14(8)4-1-2-12-9;8-5-2-1-4(7(10)11)3-6(5)9/h2*2-3,8H,1,4-7,9H2,(H,20,24);11H,1-6H2,(H,12,15);1-3H,(H,10,11). The van der Waals surface area contributed by atoms with Crippen molar-refractivity contribution in [2.24, 2.45) is 0 Å². The quantitative estimate of drug-likeness (QED) is 0.150. The number of fused-ring (bicyclic) bond motifs is 9. The number of hydrogen-bond acceptors (Lipinski definition) is 10. The number of carboxylic acid groups (broad SMARTS) is 1. The molecule has 0 radical (unpaired) electrons. The zero-order valence-corrected chi connectivity index (χ0v) is 48.9. The van der Waals surface area contributed by atoms with Crippen molar-refractivity contribution >= 4 is 118 Å². The highest BCUT2D eigenvalue weighted by Gasteiger charge is 2.34. The molecule has 6 aromatic rings. The average molecular weight is 1340 g/mol. The van der Waals surface area contributed by atoms with Crippen LogP contribution in [0, 0.1) is 0 Å². The molecule has 5 amide bonds. The highest BCUT2D eigenvalue weighted by molar-refractivity contribution is 9.11. The van der Waals surface area contributed by atoms with Crippen LogP contribution in [-0.2, 0) is 58.9 Å². The molecule has 0 saturated heterocycles. The summed E-state index contributed by atoms with van der Waals surface area (Å²) in [7, 11) is 0. The summed E-state index contributed by atoms with van der Waals surface area (Å²) in [5.74, 6) is -1.95. The van der Waals surface area contributed by atoms with E-state index in [2.05, 4.69) is 69.1 Å². The Balaban J connectivity index is 0.000000134. The molecule has 28 heteroatoms. The van der Waals surface area contributed by atoms with Crippen LogP contribution in [-0.4, -0.2) is 117 Å². The van der Waals surface area contributed by atoms with E-state index in [0.717, 1.165) is 27.6 Å². The minimum Gasteiger partial charge on any atom is -0.478 e. The smallest absolute Gasteiger partial charge is 0.335 e. The number of hydrogen-bond donors (Lipinski definition) is 5. The van der Waals surface area contributed by atoms with Crippen molar-refractivity contribution in [2.45, 2.75) is 78.2 Å². The number of aromatic carboxylic acids is 1. The second-order valence-corrected chi connectivity index (χ2v) is 22.6. The van der Waals surface area contributed by atoms with Gasteiger partial charge in [-0.2, -0.15) is 0 Å². The molecule has 0 spiro atoms. The van der Waals surface area contributed by atoms with Gasteiger partial charge in [-0.3, -0.25) is 51.4 Å². The fraction of sp³-hybridized carbons (Fsp3) is 0.353. The number of amides is 5. The van der Waals surface area contributed by atoms with Crippen molar-refractivity contribution in [3.63, 3.8) is 0 Å². The monoisotopic (exact) mass is 1330 g/mol. The maximum absolute atomic E-state index is 12.9. The van der Waals surface area contributed by atoms with Gasteiger partial charge in [0.15, 0.2) is 0 Å². The van der Waals surface area contributed by atoms with E-state index in [4.69, 9.17) is 39.9 Å². The first-order valence-electron chi connectivity index (χ1n) is 25.0. The van der Waals surface area contributed by atoms with Gasteiger partial charge in [0, 0.05) is 110 Å². The zero-order valence-electron chi connectivity index (χ0n) is 41.9. The topological polar surface area (TPSA) is 258 Å². The zero-order chi connectivity index (χ0) is 56.4. The van der Waals surface area contributed by atoms with E-state index in [1.54, 1.807) is 70.5 Å². The summed E-state index contributed by atoms with van der Waals surface area (Å²) in [6.45, 7) is 7.41. The Morgan fingerprint density at radius 2 is 0.797 bits per heavy atom. The van der Waals surface area contributed by atoms with E-state index >= 15 is 0 Å². The van der Waals surface area contributed by atoms with E-state index in [1.807, 2.05) is 0 Å². The summed E-state index contributed by atoms with van der Waals surface area (Å²) in [6, 6.07) is 14.6. The molecule has 3 aromatic heterocycles. The SMILES string of the molecule is O=C(O)c1ccc(Br)c(Cl)c1.O=C1NCCCn2c1c1n(c2=O)CCN(C(=O)c2ccc(Br)c(Cl)c2)C1.O=C1NCCCn2c1c1n(c2=O)CCN(C(=O)c2ccc(Br)c(Cl)c2)C1.O=C1NCCCn2c1c1n(c2=O)CCNC1. The minimum atomic E-state index is -0.973. The number of carbonyl (C=O) groups excluding carboxylic acids is 5. The lowest BCUT2D eigenvalue weighted by Crippen LogP contribution is -2.41. The number of benzene rings is 3. The molecule has 0 saturated carbocycles. The van der Waals surface area contributed by atoms with Crippen LogP contribution in [0.2, 0.25) is 15.1 Å². The molecule has 9 heterocycles. The molecule has 0 fully saturated rings. The molecule has 22 nitrogen and oxygen atoms in total. The molecule has 0 atom stereocenters. The first-order valence-corrected chi connectivity index (χ1v) is 28.5. The van der Waals surface area contributed by atoms with Gasteiger partial charge in [0.1, 0.15) is 17.1 Å². The fourth-order valence-corrected chi connectivity index (χ4v) is 11.3. The predicted octanol–water partition coefficient (Wildman–Crippen LogP) is 5.40. The number of rotatable bonds is 3. The van der Waals surface area contributed by atoms with Crippen LogP contribution >= 0.6 is 82.6 Å². The number of halogens is 6. The largest absolute Gasteiger partial charge is 0.478 e. The van der Waals surface area contributed by atoms with Crippen LogP contribution in [0.4, 0.5) is 0 Å². The summed E-state index contributed by atoms with van der Waals surface area (Å²) in [5.41, 5.74) is 4.07. The van der Waals surface area contributed by atoms with E-state index in [0.29, 0.717) is 151 Å². The Morgan fingerprint density at radius 3 is 1.18 bits per heavy atom. The van der Waals surface area contributed by atoms with E-state index in [9.17, 15) is 43.2 Å². The molecule has 6 aliphatic rings. The summed E-state index contributed by atoms with van der Waals surface area (Å²) in [6.07, 6.45) is 2.24. The Bertz CT molecular complexity index is 3500. The van der Waals surface area contributed by atoms with Gasteiger partial charge in [-0.15, -0.1) is 0 Å². The van der Waals surface area contributed by atoms with Gasteiger partial charge >= 0.3 is 23.0 Å². The van der Waals surface area contributed by atoms with Crippen LogP contribution in [0.3, 0.4) is 0 Å². The molecule has 12 rings (SSSR count). The van der Waals surface area contributed by atoms with Gasteiger partial charge in [-0.05, 0) is 122 Å². The Kier molecular flexibility index (Phi) is 17.9. The van der Waals surface area contributed by atoms with Crippen LogP contribution in [0.25, 0.3) is 0 Å². The third-order valence-corrected chi connectivity index (χ3v) is 17.6. The number of aromatic nitrogens is 6. The lowest BCUT2D eigenvalue weighted by atomic mass is 10.1. The van der Waals surface area contributed by atoms with Crippen molar-refractivity contribution in [1.29, 1.82) is 0 Å². The maximum atomic E-state index is 12.9. The fourth-order valence-electron chi connectivity index (χ4n) is 10.0. The van der Waals surface area contributed by atoms with Gasteiger partial charge < -0.3 is 36.2 Å². The molecule has 3 aromatic carbocycles. The number of carboxylic acids is 1. The third-order valence-electron chi connectivity index (χ3n) is 13.9. The van der Waals surface area contributed by atoms with Crippen molar-refractivity contribution in [1.82, 2.24) is 58.5 Å². The lowest BCUT2D eigenvalue weighted by Gasteiger charge is -2.28. The van der Waals surface area contributed by atoms with Gasteiger partial charge in [0.05, 0.1) is 50.8 Å². The summed E-state index contributed by atoms with van der Waals surface area (Å²) in [5, 5.41) is 21.5. The third kappa shape index (κ3) is 12.0. The van der Waals surface area contributed by atoms with Crippen molar-refractivity contribution in [3.8, 4) is 0 Å². The molecular weight excluding hydrogens is 1290 g/mol. The molecule has 5 N–H and O–H groups in total. The van der Waals surface area contributed by atoms with Gasteiger partial charge in [-0.25, -0.2) is 19.2 Å². The van der Waals surface area contributed by atoms with E-state index in [1.165, 1.54) is 21.3 Å². The summed E-state index contributed by atoms with van der Waals surface area (Å²) < 4.78 is 11.8. The van der Waals surface area contributed by atoms with Gasteiger partial charge in [0.2, 0.25) is 0 Å². The molecule has 0 unspecified atom stereocenters. The molecule has 0 bridgehead atoms. The van der Waals surface area contributed by atoms with Crippen LogP contribution in [0.15, 0.2) is 82.4 Å². The van der Waals surface area contributed by atoms with Crippen molar-refractivity contribution < 1.29 is 33.9 Å². The molecule has 79 heavy (non-hydrogen) atoms. The number of carbonyl (C=O) groups is 6. The second-order valence-electron chi connectivity index (χ2n) is 18.8. The van der Waals surface area contributed by atoms with Crippen LogP contribution < -0.4 is 38.3 Å². The average Bonchev–Trinajstić information content (AvgIpc) is 3.95. The minimum absolute atomic E-state index is 0.0384. The van der Waals surface area contributed by atoms with Crippen molar-refractivity contribution in [3.05, 3.63) is 165 Å². The highest BCUT2D eigenvalue weighted by atomic mass is 79.9. The Hall–Kier alpha value is -6.22. The predicted molar refractivity (Wildman–Crippen MR) is 303 cm³/mol. The first kappa shape index (κ1) is 57.5. The number of nitrogens with one attached hydrogen (secondary N) is 4. The van der Waals surface area contributed by atoms with Crippen LogP contribution in [0.5, 0.6) is 0 Å². The number of nitrogens with zero attached hydrogens (tertiary/aromatic N) is 8. The maximum Gasteiger partial charge on any atom is 0.335 e. The van der Waals surface area contributed by atoms with Crippen LogP contribution in [0.1, 0.15) is 98.9 Å². The summed E-state index contributed by atoms with van der Waals surface area (Å²) in [4.78, 5) is 113.